The van der Waals surface area contributed by atoms with Gasteiger partial charge in [-0.3, -0.25) is 14.5 Å². The third-order valence-corrected chi connectivity index (χ3v) is 6.20. The van der Waals surface area contributed by atoms with Crippen LogP contribution in [-0.2, 0) is 23.9 Å². The number of rotatable bonds is 4. The second-order valence-corrected chi connectivity index (χ2v) is 7.72. The Kier molecular flexibility index (Phi) is 4.11. The van der Waals surface area contributed by atoms with Crippen LogP contribution < -0.4 is 11.1 Å². The SMILES string of the molecule is CO/C=C(\C(=O)N[C@@H]1C(=O)N2C3=C(COC3=O)CS[C@H]12)c1csc(N)n1. The van der Waals surface area contributed by atoms with Crippen molar-refractivity contribution in [3.8, 4) is 0 Å². The molecule has 2 atom stereocenters. The van der Waals surface area contributed by atoms with Crippen LogP contribution in [0.4, 0.5) is 5.13 Å². The fourth-order valence-corrected chi connectivity index (χ4v) is 4.87. The van der Waals surface area contributed by atoms with E-state index >= 15 is 0 Å². The van der Waals surface area contributed by atoms with Gasteiger partial charge in [0.15, 0.2) is 5.13 Å². The normalized spacial score (nSPS) is 24.7. The van der Waals surface area contributed by atoms with Crippen molar-refractivity contribution >= 4 is 51.6 Å². The number of fused-ring (bicyclic) bond motifs is 2. The highest BCUT2D eigenvalue weighted by Gasteiger charge is 2.55. The second-order valence-electron chi connectivity index (χ2n) is 5.73. The molecule has 1 saturated heterocycles. The van der Waals surface area contributed by atoms with Gasteiger partial charge in [-0.25, -0.2) is 9.78 Å². The first kappa shape index (κ1) is 16.9. The van der Waals surface area contributed by atoms with Gasteiger partial charge in [-0.1, -0.05) is 0 Å². The Balaban J connectivity index is 1.51. The number of anilines is 1. The maximum atomic E-state index is 12.6. The smallest absolute Gasteiger partial charge is 0.355 e. The molecule has 0 unspecified atom stereocenters. The number of esters is 1. The Bertz CT molecular complexity index is 877. The van der Waals surface area contributed by atoms with Crippen molar-refractivity contribution in [1.82, 2.24) is 15.2 Å². The molecule has 11 heteroatoms. The highest BCUT2D eigenvalue weighted by atomic mass is 32.2. The number of hydrogen-bond acceptors (Lipinski definition) is 9. The molecule has 3 N–H and O–H groups in total. The predicted molar refractivity (Wildman–Crippen MR) is 94.5 cm³/mol. The lowest BCUT2D eigenvalue weighted by molar-refractivity contribution is -0.150. The van der Waals surface area contributed by atoms with Crippen LogP contribution >= 0.6 is 23.1 Å². The lowest BCUT2D eigenvalue weighted by atomic mass is 10.0. The third-order valence-electron chi connectivity index (χ3n) is 4.18. The molecule has 1 aromatic rings. The second kappa shape index (κ2) is 6.32. The summed E-state index contributed by atoms with van der Waals surface area (Å²) in [7, 11) is 1.41. The van der Waals surface area contributed by atoms with E-state index in [1.807, 2.05) is 0 Å². The molecule has 26 heavy (non-hydrogen) atoms. The number of carbonyl (C=O) groups excluding carboxylic acids is 3. The minimum absolute atomic E-state index is 0.174. The number of nitrogens with one attached hydrogen (secondary N) is 1. The summed E-state index contributed by atoms with van der Waals surface area (Å²) >= 11 is 2.68. The number of thioether (sulfide) groups is 1. The molecule has 4 heterocycles. The molecule has 0 aliphatic carbocycles. The van der Waals surface area contributed by atoms with Gasteiger partial charge < -0.3 is 20.5 Å². The van der Waals surface area contributed by atoms with Crippen molar-refractivity contribution < 1.29 is 23.9 Å². The van der Waals surface area contributed by atoms with Crippen LogP contribution in [0.15, 0.2) is 22.9 Å². The van der Waals surface area contributed by atoms with Gasteiger partial charge in [0.1, 0.15) is 29.3 Å². The molecule has 0 bridgehead atoms. The van der Waals surface area contributed by atoms with Crippen LogP contribution in [-0.4, -0.2) is 58.6 Å². The van der Waals surface area contributed by atoms with Crippen LogP contribution in [0.1, 0.15) is 5.69 Å². The molecule has 3 aliphatic rings. The monoisotopic (exact) mass is 394 g/mol. The van der Waals surface area contributed by atoms with E-state index in [4.69, 9.17) is 15.2 Å². The maximum absolute atomic E-state index is 12.6. The van der Waals surface area contributed by atoms with Gasteiger partial charge >= 0.3 is 5.97 Å². The number of thiazole rings is 1. The predicted octanol–water partition coefficient (Wildman–Crippen LogP) is -0.0766. The quantitative estimate of drug-likeness (QED) is 0.315. The van der Waals surface area contributed by atoms with Crippen molar-refractivity contribution in [3.63, 3.8) is 0 Å². The molecule has 2 amide bonds. The summed E-state index contributed by atoms with van der Waals surface area (Å²) in [6.45, 7) is 0.223. The first-order valence-electron chi connectivity index (χ1n) is 7.60. The lowest BCUT2D eigenvalue weighted by Gasteiger charge is -2.48. The molecule has 0 aromatic carbocycles. The maximum Gasteiger partial charge on any atom is 0.355 e. The van der Waals surface area contributed by atoms with E-state index in [0.29, 0.717) is 22.3 Å². The minimum atomic E-state index is -0.730. The number of hydrogen-bond donors (Lipinski definition) is 2. The average Bonchev–Trinajstić information content (AvgIpc) is 3.22. The fraction of sp³-hybridized carbons (Fsp3) is 0.333. The number of β-lactam (4-membered cyclic amide) rings is 1. The first-order valence-corrected chi connectivity index (χ1v) is 9.53. The minimum Gasteiger partial charge on any atom is -0.503 e. The molecule has 0 saturated carbocycles. The molecule has 0 spiro atoms. The zero-order valence-corrected chi connectivity index (χ0v) is 15.2. The number of cyclic esters (lactones) is 1. The van der Waals surface area contributed by atoms with Gasteiger partial charge in [-0.15, -0.1) is 23.1 Å². The summed E-state index contributed by atoms with van der Waals surface area (Å²) in [5, 5.41) is 4.33. The number of ether oxygens (including phenoxy) is 2. The molecular weight excluding hydrogens is 380 g/mol. The summed E-state index contributed by atoms with van der Waals surface area (Å²) in [6.07, 6.45) is 1.26. The van der Waals surface area contributed by atoms with E-state index in [1.165, 1.54) is 41.4 Å². The standard InChI is InChI=1S/C15H14N4O5S2/c1-23-3-7(8-5-26-15(16)17-8)11(20)18-9-12(21)19-10-6(2-24-14(10)22)4-25-13(9)19/h3,5,9,13H,2,4H2,1H3,(H2,16,17)(H,18,20)/b7-3-/t9-,13-/m1/s1. The molecule has 1 aromatic heterocycles. The van der Waals surface area contributed by atoms with E-state index in [9.17, 15) is 14.4 Å². The Hall–Kier alpha value is -2.53. The number of methoxy groups -OCH3 is 1. The zero-order valence-electron chi connectivity index (χ0n) is 13.6. The third kappa shape index (κ3) is 2.54. The zero-order chi connectivity index (χ0) is 18.4. The van der Waals surface area contributed by atoms with Crippen LogP contribution in [0.25, 0.3) is 5.57 Å². The fourth-order valence-electron chi connectivity index (χ4n) is 2.98. The summed E-state index contributed by atoms with van der Waals surface area (Å²) in [6, 6.07) is -0.730. The molecular formula is C15H14N4O5S2. The van der Waals surface area contributed by atoms with E-state index in [0.717, 1.165) is 5.57 Å². The average molecular weight is 394 g/mol. The van der Waals surface area contributed by atoms with Gasteiger partial charge in [0.25, 0.3) is 11.8 Å². The number of nitrogens with zero attached hydrogens (tertiary/aromatic N) is 2. The summed E-state index contributed by atoms with van der Waals surface area (Å²) in [5.41, 5.74) is 7.30. The molecule has 1 fully saturated rings. The Labute approximate surface area is 156 Å². The number of nitrogen functional groups attached to an aromatic ring is 1. The van der Waals surface area contributed by atoms with E-state index in [1.54, 1.807) is 5.38 Å². The van der Waals surface area contributed by atoms with Crippen LogP contribution in [0.3, 0.4) is 0 Å². The van der Waals surface area contributed by atoms with Crippen molar-refractivity contribution in [1.29, 1.82) is 0 Å². The topological polar surface area (TPSA) is 124 Å². The van der Waals surface area contributed by atoms with E-state index in [-0.39, 0.29) is 23.5 Å². The van der Waals surface area contributed by atoms with Crippen molar-refractivity contribution in [3.05, 3.63) is 28.6 Å². The molecule has 3 aliphatic heterocycles. The van der Waals surface area contributed by atoms with E-state index in [2.05, 4.69) is 10.3 Å². The molecule has 4 rings (SSSR count). The molecule has 9 nitrogen and oxygen atoms in total. The molecule has 136 valence electrons. The Morgan fingerprint density at radius 2 is 2.35 bits per heavy atom. The van der Waals surface area contributed by atoms with Gasteiger partial charge in [0, 0.05) is 16.7 Å². The van der Waals surface area contributed by atoms with Crippen molar-refractivity contribution in [2.75, 3.05) is 25.2 Å². The summed E-state index contributed by atoms with van der Waals surface area (Å²) in [4.78, 5) is 42.5. The number of carbonyl (C=O) groups is 3. The van der Waals surface area contributed by atoms with Crippen LogP contribution in [0.2, 0.25) is 0 Å². The highest BCUT2D eigenvalue weighted by Crippen LogP contribution is 2.42. The number of amides is 2. The van der Waals surface area contributed by atoms with Crippen LogP contribution in [0.5, 0.6) is 0 Å². The Morgan fingerprint density at radius 3 is 3.04 bits per heavy atom. The highest BCUT2D eigenvalue weighted by molar-refractivity contribution is 8.00. The largest absolute Gasteiger partial charge is 0.503 e. The number of aromatic nitrogens is 1. The van der Waals surface area contributed by atoms with Crippen molar-refractivity contribution in [2.45, 2.75) is 11.4 Å². The van der Waals surface area contributed by atoms with Gasteiger partial charge in [-0.2, -0.15) is 0 Å². The van der Waals surface area contributed by atoms with Crippen LogP contribution in [0, 0.1) is 0 Å². The first-order chi connectivity index (χ1) is 12.5. The van der Waals surface area contributed by atoms with E-state index < -0.39 is 17.9 Å². The van der Waals surface area contributed by atoms with Gasteiger partial charge in [-0.05, 0) is 0 Å². The summed E-state index contributed by atoms with van der Waals surface area (Å²) in [5.74, 6) is -0.729. The summed E-state index contributed by atoms with van der Waals surface area (Å²) < 4.78 is 9.95. The lowest BCUT2D eigenvalue weighted by Crippen LogP contribution is -2.70. The number of nitrogens with two attached hydrogens (primary N) is 1. The van der Waals surface area contributed by atoms with Crippen molar-refractivity contribution in [2.24, 2.45) is 0 Å². The Morgan fingerprint density at radius 1 is 1.54 bits per heavy atom. The molecule has 0 radical (unpaired) electrons. The van der Waals surface area contributed by atoms with Gasteiger partial charge in [0.2, 0.25) is 0 Å². The van der Waals surface area contributed by atoms with Gasteiger partial charge in [0.05, 0.1) is 19.1 Å².